The van der Waals surface area contributed by atoms with Crippen LogP contribution in [-0.4, -0.2) is 56.3 Å². The molecule has 0 unspecified atom stereocenters. The monoisotopic (exact) mass is 490 g/mol. The number of aryl methyl sites for hydroxylation is 1. The molecule has 10 nitrogen and oxygen atoms in total. The fourth-order valence-electron chi connectivity index (χ4n) is 3.87. The number of carboxylic acids is 1. The molecule has 0 saturated carbocycles. The first-order valence-electron chi connectivity index (χ1n) is 10.8. The Hall–Kier alpha value is -3.04. The Morgan fingerprint density at radius 3 is 2.35 bits per heavy atom. The summed E-state index contributed by atoms with van der Waals surface area (Å²) in [5.74, 6) is -2.48. The topological polar surface area (TPSA) is 153 Å². The molecule has 0 fully saturated rings. The van der Waals surface area contributed by atoms with Crippen molar-refractivity contribution in [3.05, 3.63) is 71.3 Å². The Balaban J connectivity index is 1.72. The van der Waals surface area contributed by atoms with Crippen molar-refractivity contribution in [1.82, 2.24) is 10.2 Å². The van der Waals surface area contributed by atoms with Gasteiger partial charge in [0.1, 0.15) is 6.04 Å². The molecule has 0 saturated heterocycles. The van der Waals surface area contributed by atoms with Crippen LogP contribution in [0.4, 0.5) is 0 Å². The van der Waals surface area contributed by atoms with Crippen molar-refractivity contribution >= 4 is 25.6 Å². The molecule has 0 spiro atoms. The van der Waals surface area contributed by atoms with Gasteiger partial charge >= 0.3 is 13.8 Å². The van der Waals surface area contributed by atoms with Crippen molar-refractivity contribution in [1.29, 1.82) is 0 Å². The van der Waals surface area contributed by atoms with E-state index in [0.717, 1.165) is 16.7 Å². The molecule has 11 heteroatoms. The lowest BCUT2D eigenvalue weighted by Crippen LogP contribution is -2.56. The van der Waals surface area contributed by atoms with E-state index in [9.17, 15) is 24.1 Å². The summed E-state index contributed by atoms with van der Waals surface area (Å²) in [6.07, 6.45) is 1.69. The zero-order valence-electron chi connectivity index (χ0n) is 18.4. The summed E-state index contributed by atoms with van der Waals surface area (Å²) in [5.41, 5.74) is 2.87. The predicted molar refractivity (Wildman–Crippen MR) is 121 cm³/mol. The fourth-order valence-corrected chi connectivity index (χ4v) is 4.21. The molecular weight excluding hydrogens is 463 g/mol. The molecule has 0 radical (unpaired) electrons. The van der Waals surface area contributed by atoms with Gasteiger partial charge in [0, 0.05) is 19.4 Å². The second kappa shape index (κ2) is 11.4. The maximum absolute atomic E-state index is 13.1. The van der Waals surface area contributed by atoms with Crippen LogP contribution >= 0.6 is 7.82 Å². The number of carboxylic acid groups (broad SMARTS) is 1. The van der Waals surface area contributed by atoms with Crippen LogP contribution in [0.3, 0.4) is 0 Å². The highest BCUT2D eigenvalue weighted by Crippen LogP contribution is 2.35. The molecule has 1 heterocycles. The SMILES string of the molecule is O=C(O)[C@H](COP(=O)(O)O)NC(=O)[C@@H]1Cc2ccccc2CN1C(=O)CCCc1ccccc1. The number of nitrogens with zero attached hydrogens (tertiary/aromatic N) is 1. The van der Waals surface area contributed by atoms with Crippen LogP contribution in [0, 0.1) is 0 Å². The Labute approximate surface area is 196 Å². The summed E-state index contributed by atoms with van der Waals surface area (Å²) in [6, 6.07) is 14.5. The van der Waals surface area contributed by atoms with E-state index in [0.29, 0.717) is 12.8 Å². The second-order valence-corrected chi connectivity index (χ2v) is 9.27. The van der Waals surface area contributed by atoms with Gasteiger partial charge in [-0.1, -0.05) is 54.6 Å². The van der Waals surface area contributed by atoms with Crippen molar-refractivity contribution in [2.45, 2.75) is 44.3 Å². The van der Waals surface area contributed by atoms with Crippen molar-refractivity contribution < 1.29 is 38.4 Å². The normalized spacial score (nSPS) is 16.4. The van der Waals surface area contributed by atoms with Crippen LogP contribution in [-0.2, 0) is 42.9 Å². The number of aliphatic carboxylic acids is 1. The summed E-state index contributed by atoms with van der Waals surface area (Å²) in [6.45, 7) is -0.713. The number of benzene rings is 2. The largest absolute Gasteiger partial charge is 0.480 e. The van der Waals surface area contributed by atoms with Crippen LogP contribution in [0.2, 0.25) is 0 Å². The average Bonchev–Trinajstić information content (AvgIpc) is 2.80. The minimum absolute atomic E-state index is 0.193. The third kappa shape index (κ3) is 7.23. The first kappa shape index (κ1) is 25.6. The minimum Gasteiger partial charge on any atom is -0.480 e. The van der Waals surface area contributed by atoms with Gasteiger partial charge in [-0.25, -0.2) is 9.36 Å². The van der Waals surface area contributed by atoms with Gasteiger partial charge in [0.15, 0.2) is 6.04 Å². The Kier molecular flexibility index (Phi) is 8.57. The van der Waals surface area contributed by atoms with Gasteiger partial charge in [0.2, 0.25) is 11.8 Å². The number of amides is 2. The molecule has 0 aliphatic carbocycles. The van der Waals surface area contributed by atoms with Crippen LogP contribution in [0.15, 0.2) is 54.6 Å². The molecule has 2 aromatic rings. The molecule has 182 valence electrons. The highest BCUT2D eigenvalue weighted by Gasteiger charge is 2.36. The number of fused-ring (bicyclic) bond motifs is 1. The lowest BCUT2D eigenvalue weighted by atomic mass is 9.92. The third-order valence-corrected chi connectivity index (χ3v) is 6.08. The van der Waals surface area contributed by atoms with E-state index in [1.165, 1.54) is 4.90 Å². The highest BCUT2D eigenvalue weighted by atomic mass is 31.2. The summed E-state index contributed by atoms with van der Waals surface area (Å²) in [5, 5.41) is 11.6. The van der Waals surface area contributed by atoms with Crippen molar-refractivity contribution in [2.24, 2.45) is 0 Å². The number of hydrogen-bond donors (Lipinski definition) is 4. The van der Waals surface area contributed by atoms with Crippen molar-refractivity contribution in [2.75, 3.05) is 6.61 Å². The fraction of sp³-hybridized carbons (Fsp3) is 0.348. The number of nitrogens with one attached hydrogen (secondary N) is 1. The Bertz CT molecular complexity index is 1070. The van der Waals surface area contributed by atoms with Crippen molar-refractivity contribution in [3.8, 4) is 0 Å². The molecule has 2 aromatic carbocycles. The van der Waals surface area contributed by atoms with Crippen LogP contribution in [0.1, 0.15) is 29.5 Å². The number of hydrogen-bond acceptors (Lipinski definition) is 5. The number of phosphoric acid groups is 1. The summed E-state index contributed by atoms with van der Waals surface area (Å²) >= 11 is 0. The first-order chi connectivity index (χ1) is 16.1. The van der Waals surface area contributed by atoms with Gasteiger partial charge < -0.3 is 25.1 Å². The molecule has 0 aromatic heterocycles. The smallest absolute Gasteiger partial charge is 0.469 e. The number of rotatable bonds is 10. The summed E-state index contributed by atoms with van der Waals surface area (Å²) in [7, 11) is -4.92. The van der Waals surface area contributed by atoms with Gasteiger partial charge in [-0.15, -0.1) is 0 Å². The Morgan fingerprint density at radius 2 is 1.71 bits per heavy atom. The van der Waals surface area contributed by atoms with E-state index in [1.807, 2.05) is 54.6 Å². The predicted octanol–water partition coefficient (Wildman–Crippen LogP) is 1.64. The lowest BCUT2D eigenvalue weighted by Gasteiger charge is -2.36. The molecule has 0 bridgehead atoms. The molecule has 1 aliphatic heterocycles. The van der Waals surface area contributed by atoms with E-state index in [1.54, 1.807) is 0 Å². The van der Waals surface area contributed by atoms with E-state index >= 15 is 0 Å². The van der Waals surface area contributed by atoms with Gasteiger partial charge in [-0.05, 0) is 29.5 Å². The summed E-state index contributed by atoms with van der Waals surface area (Å²) < 4.78 is 15.2. The highest BCUT2D eigenvalue weighted by molar-refractivity contribution is 7.46. The van der Waals surface area contributed by atoms with E-state index in [4.69, 9.17) is 9.79 Å². The number of carbonyl (C=O) groups is 3. The second-order valence-electron chi connectivity index (χ2n) is 8.04. The van der Waals surface area contributed by atoms with E-state index in [-0.39, 0.29) is 25.3 Å². The maximum Gasteiger partial charge on any atom is 0.469 e. The molecule has 2 amide bonds. The zero-order chi connectivity index (χ0) is 24.7. The van der Waals surface area contributed by atoms with Crippen LogP contribution in [0.5, 0.6) is 0 Å². The lowest BCUT2D eigenvalue weighted by molar-refractivity contribution is -0.146. The quantitative estimate of drug-likeness (QED) is 0.367. The number of phosphoric ester groups is 1. The third-order valence-electron chi connectivity index (χ3n) is 5.59. The van der Waals surface area contributed by atoms with Crippen molar-refractivity contribution in [3.63, 3.8) is 0 Å². The zero-order valence-corrected chi connectivity index (χ0v) is 19.3. The summed E-state index contributed by atoms with van der Waals surface area (Å²) in [4.78, 5) is 56.8. The van der Waals surface area contributed by atoms with Gasteiger partial charge in [-0.2, -0.15) is 0 Å². The van der Waals surface area contributed by atoms with Crippen LogP contribution in [0.25, 0.3) is 0 Å². The molecule has 1 aliphatic rings. The molecular formula is C23H27N2O8P. The minimum atomic E-state index is -4.92. The van der Waals surface area contributed by atoms with E-state index in [2.05, 4.69) is 9.84 Å². The first-order valence-corrected chi connectivity index (χ1v) is 12.3. The molecule has 4 N–H and O–H groups in total. The standard InChI is InChI=1S/C23H27N2O8P/c26-21(12-6-9-16-7-2-1-3-8-16)25-14-18-11-5-4-10-17(18)13-20(25)22(27)24-19(23(28)29)15-33-34(30,31)32/h1-5,7-8,10-11,19-20H,6,9,12-15H2,(H,24,27)(H,28,29)(H2,30,31,32)/t19-,20-/m0/s1. The van der Waals surface area contributed by atoms with Gasteiger partial charge in [0.25, 0.3) is 0 Å². The van der Waals surface area contributed by atoms with E-state index < -0.39 is 38.4 Å². The van der Waals surface area contributed by atoms with Crippen LogP contribution < -0.4 is 5.32 Å². The molecule has 2 atom stereocenters. The molecule has 3 rings (SSSR count). The van der Waals surface area contributed by atoms with Gasteiger partial charge in [-0.3, -0.25) is 14.1 Å². The Morgan fingerprint density at radius 1 is 1.06 bits per heavy atom. The van der Waals surface area contributed by atoms with Gasteiger partial charge in [0.05, 0.1) is 6.61 Å². The molecule has 34 heavy (non-hydrogen) atoms. The average molecular weight is 490 g/mol. The number of carbonyl (C=O) groups excluding carboxylic acids is 2. The maximum atomic E-state index is 13.1.